The zero-order chi connectivity index (χ0) is 18.7. The van der Waals surface area contributed by atoms with Crippen LogP contribution in [0.15, 0.2) is 36.4 Å². The summed E-state index contributed by atoms with van der Waals surface area (Å²) in [4.78, 5) is 16.5. The molecule has 9 heteroatoms. The van der Waals surface area contributed by atoms with Crippen molar-refractivity contribution in [3.8, 4) is 11.5 Å². The summed E-state index contributed by atoms with van der Waals surface area (Å²) in [6, 6.07) is 8.90. The fourth-order valence-corrected chi connectivity index (χ4v) is 3.41. The molecule has 3 aromatic rings. The van der Waals surface area contributed by atoms with Crippen LogP contribution in [0.5, 0.6) is 11.5 Å². The van der Waals surface area contributed by atoms with Gasteiger partial charge in [-0.2, -0.15) is 0 Å². The van der Waals surface area contributed by atoms with Gasteiger partial charge in [-0.25, -0.2) is 9.37 Å². The highest BCUT2D eigenvalue weighted by Crippen LogP contribution is 2.36. The van der Waals surface area contributed by atoms with Crippen molar-refractivity contribution in [3.63, 3.8) is 0 Å². The summed E-state index contributed by atoms with van der Waals surface area (Å²) in [7, 11) is 3.11. The van der Waals surface area contributed by atoms with E-state index in [2.05, 4.69) is 15.6 Å². The van der Waals surface area contributed by atoms with Gasteiger partial charge in [-0.15, -0.1) is 0 Å². The Bertz CT molecular complexity index is 991. The third-order valence-electron chi connectivity index (χ3n) is 3.42. The molecule has 0 spiro atoms. The Kier molecular flexibility index (Phi) is 5.29. The van der Waals surface area contributed by atoms with Crippen molar-refractivity contribution >= 4 is 49.9 Å². The number of thiocarbonyl (C=S) groups is 1. The molecule has 0 aliphatic rings. The van der Waals surface area contributed by atoms with Crippen LogP contribution >= 0.6 is 23.6 Å². The summed E-state index contributed by atoms with van der Waals surface area (Å²) in [6.45, 7) is 0. The average Bonchev–Trinajstić information content (AvgIpc) is 3.02. The number of hydrogen-bond acceptors (Lipinski definition) is 6. The number of fused-ring (bicyclic) bond motifs is 1. The molecule has 0 aliphatic heterocycles. The maximum absolute atomic E-state index is 13.2. The number of hydrogen-bond donors (Lipinski definition) is 2. The molecule has 0 bridgehead atoms. The first-order valence-corrected chi connectivity index (χ1v) is 8.63. The molecule has 1 aromatic heterocycles. The van der Waals surface area contributed by atoms with Crippen molar-refractivity contribution in [2.45, 2.75) is 0 Å². The van der Waals surface area contributed by atoms with Gasteiger partial charge in [0.25, 0.3) is 5.91 Å². The van der Waals surface area contributed by atoms with Crippen LogP contribution in [0.2, 0.25) is 0 Å². The Labute approximate surface area is 158 Å². The van der Waals surface area contributed by atoms with Crippen LogP contribution in [-0.4, -0.2) is 30.2 Å². The molecule has 0 atom stereocenters. The van der Waals surface area contributed by atoms with Crippen LogP contribution in [0.4, 0.5) is 9.52 Å². The zero-order valence-electron chi connectivity index (χ0n) is 13.8. The van der Waals surface area contributed by atoms with Crippen molar-refractivity contribution in [2.75, 3.05) is 19.5 Å². The lowest BCUT2D eigenvalue weighted by molar-refractivity contribution is 0.0977. The molecular weight excluding hydrogens is 377 g/mol. The summed E-state index contributed by atoms with van der Waals surface area (Å²) in [5.41, 5.74) is 0.824. The largest absolute Gasteiger partial charge is 0.497 e. The molecule has 0 saturated carbocycles. The maximum Gasteiger partial charge on any atom is 0.257 e. The van der Waals surface area contributed by atoms with Gasteiger partial charge in [0.1, 0.15) is 22.8 Å². The van der Waals surface area contributed by atoms with Gasteiger partial charge in [-0.3, -0.25) is 10.1 Å². The number of benzene rings is 2. The molecule has 0 saturated heterocycles. The van der Waals surface area contributed by atoms with E-state index in [0.717, 1.165) is 10.8 Å². The number of nitrogens with one attached hydrogen (secondary N) is 2. The van der Waals surface area contributed by atoms with E-state index >= 15 is 0 Å². The first-order valence-electron chi connectivity index (χ1n) is 7.40. The van der Waals surface area contributed by atoms with E-state index in [1.165, 1.54) is 29.5 Å². The molecule has 134 valence electrons. The summed E-state index contributed by atoms with van der Waals surface area (Å²) in [5, 5.41) is 5.89. The van der Waals surface area contributed by atoms with Crippen molar-refractivity contribution < 1.29 is 18.7 Å². The number of nitrogens with zero attached hydrogens (tertiary/aromatic N) is 1. The van der Waals surface area contributed by atoms with Gasteiger partial charge in [-0.1, -0.05) is 17.4 Å². The Hall–Kier alpha value is -2.78. The van der Waals surface area contributed by atoms with E-state index in [4.69, 9.17) is 21.7 Å². The monoisotopic (exact) mass is 391 g/mol. The predicted molar refractivity (Wildman–Crippen MR) is 103 cm³/mol. The number of thiazole rings is 1. The minimum Gasteiger partial charge on any atom is -0.497 e. The van der Waals surface area contributed by atoms with Crippen LogP contribution in [0.1, 0.15) is 10.4 Å². The van der Waals surface area contributed by atoms with Crippen LogP contribution < -0.4 is 20.1 Å². The highest BCUT2D eigenvalue weighted by molar-refractivity contribution is 7.80. The number of amides is 1. The summed E-state index contributed by atoms with van der Waals surface area (Å²) in [5.74, 6) is 0.205. The lowest BCUT2D eigenvalue weighted by Gasteiger charge is -2.07. The van der Waals surface area contributed by atoms with E-state index in [-0.39, 0.29) is 10.7 Å². The molecule has 0 aliphatic carbocycles. The number of carbonyl (C=O) groups excluding carboxylic acids is 1. The van der Waals surface area contributed by atoms with E-state index in [1.807, 2.05) is 6.07 Å². The van der Waals surface area contributed by atoms with Gasteiger partial charge < -0.3 is 14.8 Å². The first-order chi connectivity index (χ1) is 12.5. The van der Waals surface area contributed by atoms with Gasteiger partial charge in [0.2, 0.25) is 0 Å². The molecule has 1 amide bonds. The molecule has 0 fully saturated rings. The number of ether oxygens (including phenoxy) is 2. The quantitative estimate of drug-likeness (QED) is 0.663. The molecule has 2 N–H and O–H groups in total. The Morgan fingerprint density at radius 2 is 2.04 bits per heavy atom. The molecule has 0 unspecified atom stereocenters. The minimum absolute atomic E-state index is 0.0595. The molecule has 26 heavy (non-hydrogen) atoms. The maximum atomic E-state index is 13.2. The van der Waals surface area contributed by atoms with E-state index in [1.54, 1.807) is 20.3 Å². The smallest absolute Gasteiger partial charge is 0.257 e. The second-order valence-electron chi connectivity index (χ2n) is 5.11. The number of aromatic nitrogens is 1. The van der Waals surface area contributed by atoms with Gasteiger partial charge in [-0.05, 0) is 36.5 Å². The summed E-state index contributed by atoms with van der Waals surface area (Å²) >= 11 is 6.46. The van der Waals surface area contributed by atoms with Crippen molar-refractivity contribution in [1.82, 2.24) is 10.3 Å². The predicted octanol–water partition coefficient (Wildman–Crippen LogP) is 3.58. The Morgan fingerprint density at radius 1 is 1.23 bits per heavy atom. The lowest BCUT2D eigenvalue weighted by atomic mass is 10.2. The summed E-state index contributed by atoms with van der Waals surface area (Å²) in [6.07, 6.45) is 0. The first kappa shape index (κ1) is 18.0. The van der Waals surface area contributed by atoms with Gasteiger partial charge in [0.15, 0.2) is 10.2 Å². The average molecular weight is 391 g/mol. The standard InChI is InChI=1S/C17H14FN3O3S2/c1-23-11-7-12(24-2)14-13(8-11)26-17(19-14)21-16(25)20-15(22)9-4-3-5-10(18)6-9/h3-8H,1-2H3,(H2,19,20,21,22,25). The van der Waals surface area contributed by atoms with E-state index < -0.39 is 11.7 Å². The number of anilines is 1. The van der Waals surface area contributed by atoms with E-state index in [9.17, 15) is 9.18 Å². The van der Waals surface area contributed by atoms with Gasteiger partial charge >= 0.3 is 0 Å². The number of halogens is 1. The molecule has 3 rings (SSSR count). The minimum atomic E-state index is -0.512. The highest BCUT2D eigenvalue weighted by Gasteiger charge is 2.14. The molecular formula is C17H14FN3O3S2. The Morgan fingerprint density at radius 3 is 2.73 bits per heavy atom. The third kappa shape index (κ3) is 3.89. The van der Waals surface area contributed by atoms with Crippen molar-refractivity contribution in [2.24, 2.45) is 0 Å². The molecule has 0 radical (unpaired) electrons. The van der Waals surface area contributed by atoms with E-state index in [0.29, 0.717) is 22.1 Å². The second-order valence-corrected chi connectivity index (χ2v) is 6.55. The molecule has 2 aromatic carbocycles. The van der Waals surface area contributed by atoms with Crippen molar-refractivity contribution in [3.05, 3.63) is 47.8 Å². The zero-order valence-corrected chi connectivity index (χ0v) is 15.5. The normalized spacial score (nSPS) is 10.4. The highest BCUT2D eigenvalue weighted by atomic mass is 32.1. The fraction of sp³-hybridized carbons (Fsp3) is 0.118. The molecule has 1 heterocycles. The van der Waals surface area contributed by atoms with Crippen LogP contribution in [0.3, 0.4) is 0 Å². The number of rotatable bonds is 4. The van der Waals surface area contributed by atoms with Crippen molar-refractivity contribution in [1.29, 1.82) is 0 Å². The molecule has 6 nitrogen and oxygen atoms in total. The number of methoxy groups -OCH3 is 2. The van der Waals surface area contributed by atoms with Gasteiger partial charge in [0, 0.05) is 11.6 Å². The van der Waals surface area contributed by atoms with Crippen LogP contribution in [0.25, 0.3) is 10.2 Å². The lowest BCUT2D eigenvalue weighted by Crippen LogP contribution is -2.34. The third-order valence-corrected chi connectivity index (χ3v) is 4.55. The Balaban J connectivity index is 1.76. The second kappa shape index (κ2) is 7.63. The summed E-state index contributed by atoms with van der Waals surface area (Å²) < 4.78 is 24.6. The van der Waals surface area contributed by atoms with Crippen LogP contribution in [0, 0.1) is 5.82 Å². The topological polar surface area (TPSA) is 72.5 Å². The number of carbonyl (C=O) groups is 1. The SMILES string of the molecule is COc1cc(OC)c2nc(NC(=S)NC(=O)c3cccc(F)c3)sc2c1. The fourth-order valence-electron chi connectivity index (χ4n) is 2.24. The van der Waals surface area contributed by atoms with Gasteiger partial charge in [0.05, 0.1) is 18.9 Å². The van der Waals surface area contributed by atoms with Crippen LogP contribution in [-0.2, 0) is 0 Å².